The number of methoxy groups -OCH3 is 2. The van der Waals surface area contributed by atoms with Crippen LogP contribution in [-0.4, -0.2) is 26.0 Å². The number of carbonyl (C=O) groups excluding carboxylic acids is 2. The number of anilines is 2. The summed E-state index contributed by atoms with van der Waals surface area (Å²) in [4.78, 5) is 26.5. The minimum atomic E-state index is -4.76. The highest BCUT2D eigenvalue weighted by atomic mass is 19.4. The van der Waals surface area contributed by atoms with Crippen LogP contribution in [0.4, 0.5) is 37.7 Å². The van der Waals surface area contributed by atoms with Gasteiger partial charge in [0, 0.05) is 23.5 Å². The zero-order chi connectivity index (χ0) is 30.5. The number of hydrogen-bond donors (Lipinski definition) is 2. The predicted octanol–water partition coefficient (Wildman–Crippen LogP) is 7.53. The summed E-state index contributed by atoms with van der Waals surface area (Å²) in [5, 5.41) is 4.50. The van der Waals surface area contributed by atoms with E-state index in [9.17, 15) is 35.9 Å². The summed E-state index contributed by atoms with van der Waals surface area (Å²) in [5.74, 6) is -2.45. The van der Waals surface area contributed by atoms with Crippen molar-refractivity contribution in [3.8, 4) is 11.5 Å². The molecule has 0 unspecified atom stereocenters. The van der Waals surface area contributed by atoms with Crippen molar-refractivity contribution in [2.45, 2.75) is 32.1 Å². The van der Waals surface area contributed by atoms with Gasteiger partial charge in [-0.2, -0.15) is 26.3 Å². The molecule has 41 heavy (non-hydrogen) atoms. The van der Waals surface area contributed by atoms with Gasteiger partial charge in [0.1, 0.15) is 17.1 Å². The molecule has 0 aliphatic heterocycles. The summed E-state index contributed by atoms with van der Waals surface area (Å²) < 4.78 is 90.0. The third-order valence-electron chi connectivity index (χ3n) is 5.86. The molecule has 3 rings (SSSR count). The van der Waals surface area contributed by atoms with Crippen molar-refractivity contribution in [2.24, 2.45) is 0 Å². The van der Waals surface area contributed by atoms with Crippen molar-refractivity contribution in [2.75, 3.05) is 24.9 Å². The zero-order valence-corrected chi connectivity index (χ0v) is 22.3. The minimum Gasteiger partial charge on any atom is -0.497 e. The number of alkyl halides is 6. The van der Waals surface area contributed by atoms with Gasteiger partial charge in [0.2, 0.25) is 0 Å². The molecule has 218 valence electrons. The van der Waals surface area contributed by atoms with E-state index in [4.69, 9.17) is 9.47 Å². The molecule has 0 heterocycles. The monoisotopic (exact) mass is 580 g/mol. The van der Waals surface area contributed by atoms with E-state index in [1.807, 2.05) is 13.8 Å². The van der Waals surface area contributed by atoms with E-state index in [-0.39, 0.29) is 28.8 Å². The number of hydrogen-bond acceptors (Lipinski definition) is 4. The van der Waals surface area contributed by atoms with E-state index in [2.05, 4.69) is 10.6 Å². The van der Waals surface area contributed by atoms with Crippen LogP contribution in [0.2, 0.25) is 0 Å². The van der Waals surface area contributed by atoms with Gasteiger partial charge in [-0.25, -0.2) is 0 Å². The summed E-state index contributed by atoms with van der Waals surface area (Å²) >= 11 is 0. The van der Waals surface area contributed by atoms with Gasteiger partial charge < -0.3 is 20.1 Å². The fraction of sp³-hybridized carbons (Fsp3) is 0.241. The molecular weight excluding hydrogens is 554 g/mol. The number of rotatable bonds is 8. The number of nitrogens with one attached hydrogen (secondary N) is 2. The molecule has 0 fully saturated rings. The molecule has 6 nitrogen and oxygen atoms in total. The smallest absolute Gasteiger partial charge is 0.416 e. The first-order valence-corrected chi connectivity index (χ1v) is 12.1. The fourth-order valence-electron chi connectivity index (χ4n) is 3.68. The van der Waals surface area contributed by atoms with Crippen LogP contribution in [0.15, 0.2) is 66.2 Å². The van der Waals surface area contributed by atoms with E-state index in [0.717, 1.165) is 44.0 Å². The van der Waals surface area contributed by atoms with Gasteiger partial charge in [-0.05, 0) is 47.4 Å². The molecule has 2 amide bonds. The predicted molar refractivity (Wildman–Crippen MR) is 142 cm³/mol. The van der Waals surface area contributed by atoms with Crippen molar-refractivity contribution in [3.05, 3.63) is 88.5 Å². The lowest BCUT2D eigenvalue weighted by atomic mass is 10.0. The Morgan fingerprint density at radius 1 is 0.707 bits per heavy atom. The standard InChI is InChI=1S/C29H26F6N2O4/c1-16(2)18-7-5-17(6-8-18)9-25(26(38)36-21-10-19(28(30,31)32)12-23(14-21)40-3)27(39)37-22-11-20(29(33,34)35)13-24(15-22)41-4/h5-16H,1-4H3,(H,36,38)(H,37,39). The Morgan fingerprint density at radius 3 is 1.46 bits per heavy atom. The highest BCUT2D eigenvalue weighted by Gasteiger charge is 2.33. The number of ether oxygens (including phenoxy) is 2. The van der Waals surface area contributed by atoms with Crippen LogP contribution in [0, 0.1) is 0 Å². The second-order valence-electron chi connectivity index (χ2n) is 9.18. The lowest BCUT2D eigenvalue weighted by molar-refractivity contribution is -0.138. The number of benzene rings is 3. The Bertz CT molecular complexity index is 1360. The number of halogens is 6. The molecule has 0 aromatic heterocycles. The van der Waals surface area contributed by atoms with Crippen molar-refractivity contribution >= 4 is 29.3 Å². The van der Waals surface area contributed by atoms with Gasteiger partial charge in [0.05, 0.1) is 25.3 Å². The molecule has 0 spiro atoms. The topological polar surface area (TPSA) is 76.7 Å². The summed E-state index contributed by atoms with van der Waals surface area (Å²) in [6.07, 6.45) is -8.35. The largest absolute Gasteiger partial charge is 0.497 e. The summed E-state index contributed by atoms with van der Waals surface area (Å²) in [5.41, 5.74) is -2.10. The minimum absolute atomic E-state index is 0.186. The molecule has 0 bridgehead atoms. The number of carbonyl (C=O) groups is 2. The van der Waals surface area contributed by atoms with E-state index >= 15 is 0 Å². The summed E-state index contributed by atoms with van der Waals surface area (Å²) in [6.45, 7) is 3.92. The Balaban J connectivity index is 2.04. The maximum Gasteiger partial charge on any atom is 0.416 e. The van der Waals surface area contributed by atoms with Crippen LogP contribution in [0.3, 0.4) is 0 Å². The van der Waals surface area contributed by atoms with Gasteiger partial charge in [-0.15, -0.1) is 0 Å². The van der Waals surface area contributed by atoms with E-state index in [0.29, 0.717) is 17.7 Å². The Morgan fingerprint density at radius 2 is 1.12 bits per heavy atom. The van der Waals surface area contributed by atoms with Crippen LogP contribution in [-0.2, 0) is 21.9 Å². The highest BCUT2D eigenvalue weighted by Crippen LogP contribution is 2.35. The average molecular weight is 581 g/mol. The van der Waals surface area contributed by atoms with Crippen LogP contribution in [0.25, 0.3) is 6.08 Å². The summed E-state index contributed by atoms with van der Waals surface area (Å²) in [6, 6.07) is 11.8. The second kappa shape index (κ2) is 12.4. The van der Waals surface area contributed by atoms with Crippen molar-refractivity contribution < 1.29 is 45.4 Å². The van der Waals surface area contributed by atoms with Gasteiger partial charge in [0.25, 0.3) is 11.8 Å². The molecule has 0 saturated carbocycles. The first-order valence-electron chi connectivity index (χ1n) is 12.1. The molecule has 3 aromatic carbocycles. The molecule has 2 N–H and O–H groups in total. The van der Waals surface area contributed by atoms with Crippen LogP contribution < -0.4 is 20.1 Å². The SMILES string of the molecule is COc1cc(NC(=O)C(=Cc2ccc(C(C)C)cc2)C(=O)Nc2cc(OC)cc(C(F)(F)F)c2)cc(C(F)(F)F)c1. The average Bonchev–Trinajstić information content (AvgIpc) is 2.90. The van der Waals surface area contributed by atoms with Crippen LogP contribution in [0.1, 0.15) is 42.0 Å². The lowest BCUT2D eigenvalue weighted by Crippen LogP contribution is -2.25. The molecule has 0 saturated heterocycles. The second-order valence-corrected chi connectivity index (χ2v) is 9.18. The Hall–Kier alpha value is -4.48. The van der Waals surface area contributed by atoms with Gasteiger partial charge in [-0.1, -0.05) is 38.1 Å². The van der Waals surface area contributed by atoms with Gasteiger partial charge in [0.15, 0.2) is 0 Å². The third-order valence-corrected chi connectivity index (χ3v) is 5.86. The first-order chi connectivity index (χ1) is 19.1. The lowest BCUT2D eigenvalue weighted by Gasteiger charge is -2.15. The molecule has 0 radical (unpaired) electrons. The fourth-order valence-corrected chi connectivity index (χ4v) is 3.68. The first kappa shape index (κ1) is 31.1. The van der Waals surface area contributed by atoms with Crippen LogP contribution in [0.5, 0.6) is 11.5 Å². The Labute approximate surface area is 232 Å². The molecule has 0 atom stereocenters. The normalized spacial score (nSPS) is 11.6. The quantitative estimate of drug-likeness (QED) is 0.125. The third kappa shape index (κ3) is 8.26. The maximum atomic E-state index is 13.4. The molecule has 0 aliphatic carbocycles. The van der Waals surface area contributed by atoms with Crippen molar-refractivity contribution in [3.63, 3.8) is 0 Å². The maximum absolute atomic E-state index is 13.4. The highest BCUT2D eigenvalue weighted by molar-refractivity contribution is 6.28. The zero-order valence-electron chi connectivity index (χ0n) is 22.3. The molecular formula is C29H26F6N2O4. The van der Waals surface area contributed by atoms with E-state index in [1.54, 1.807) is 24.3 Å². The van der Waals surface area contributed by atoms with Gasteiger partial charge in [-0.3, -0.25) is 9.59 Å². The van der Waals surface area contributed by atoms with Crippen molar-refractivity contribution in [1.29, 1.82) is 0 Å². The number of amides is 2. The van der Waals surface area contributed by atoms with Gasteiger partial charge >= 0.3 is 12.4 Å². The van der Waals surface area contributed by atoms with Crippen molar-refractivity contribution in [1.82, 2.24) is 0 Å². The van der Waals surface area contributed by atoms with E-state index in [1.165, 1.54) is 6.08 Å². The molecule has 12 heteroatoms. The van der Waals surface area contributed by atoms with Crippen LogP contribution >= 0.6 is 0 Å². The molecule has 0 aliphatic rings. The Kier molecular flexibility index (Phi) is 9.36. The van der Waals surface area contributed by atoms with E-state index < -0.39 is 40.9 Å². The summed E-state index contributed by atoms with van der Waals surface area (Å²) in [7, 11) is 2.29. The molecule has 3 aromatic rings.